The Labute approximate surface area is 186 Å². The largest absolute Gasteiger partial charge is 0.391 e. The highest BCUT2D eigenvalue weighted by Gasteiger charge is 2.27. The van der Waals surface area contributed by atoms with Gasteiger partial charge < -0.3 is 20.7 Å². The summed E-state index contributed by atoms with van der Waals surface area (Å²) < 4.78 is 2.29. The minimum atomic E-state index is -0.328. The van der Waals surface area contributed by atoms with E-state index in [0.29, 0.717) is 30.7 Å². The average Bonchev–Trinajstić information content (AvgIpc) is 3.44. The topological polar surface area (TPSA) is 102 Å². The van der Waals surface area contributed by atoms with Crippen molar-refractivity contribution in [1.82, 2.24) is 19.5 Å². The van der Waals surface area contributed by atoms with Gasteiger partial charge in [-0.2, -0.15) is 0 Å². The summed E-state index contributed by atoms with van der Waals surface area (Å²) in [6.07, 6.45) is 9.88. The minimum absolute atomic E-state index is 0.328. The van der Waals surface area contributed by atoms with Crippen molar-refractivity contribution < 1.29 is 5.11 Å². The first-order chi connectivity index (χ1) is 15.6. The van der Waals surface area contributed by atoms with Crippen LogP contribution in [-0.2, 0) is 12.8 Å². The van der Waals surface area contributed by atoms with Gasteiger partial charge in [-0.25, -0.2) is 15.0 Å². The van der Waals surface area contributed by atoms with E-state index in [1.54, 1.807) is 6.33 Å². The molecule has 1 saturated carbocycles. The second kappa shape index (κ2) is 7.74. The quantitative estimate of drug-likeness (QED) is 0.456. The number of aliphatic hydroxyl groups is 1. The fourth-order valence-electron chi connectivity index (χ4n) is 5.48. The number of nitrogen functional groups attached to an aromatic ring is 1. The van der Waals surface area contributed by atoms with Crippen LogP contribution in [0.1, 0.15) is 42.9 Å². The highest BCUT2D eigenvalue weighted by Crippen LogP contribution is 2.39. The summed E-state index contributed by atoms with van der Waals surface area (Å²) in [4.78, 5) is 13.4. The van der Waals surface area contributed by atoms with Gasteiger partial charge >= 0.3 is 0 Å². The zero-order valence-electron chi connectivity index (χ0n) is 18.0. The molecule has 4 N–H and O–H groups in total. The normalized spacial score (nSPS) is 22.8. The number of nitrogens with one attached hydrogen (secondary N) is 1. The van der Waals surface area contributed by atoms with Gasteiger partial charge in [0, 0.05) is 30.6 Å². The van der Waals surface area contributed by atoms with E-state index in [4.69, 9.17) is 10.7 Å². The lowest BCUT2D eigenvalue weighted by Gasteiger charge is -2.22. The number of β-amino-alcohol motifs (C(OH)–C–C–N with tert-alkyl or cyclic N) is 1. The van der Waals surface area contributed by atoms with E-state index in [2.05, 4.69) is 50.3 Å². The first-order valence-corrected chi connectivity index (χ1v) is 11.6. The van der Waals surface area contributed by atoms with Gasteiger partial charge in [-0.05, 0) is 67.3 Å². The monoisotopic (exact) mass is 428 g/mol. The number of pyridine rings is 1. The molecular formula is C25H28N6O. The Hall–Kier alpha value is -3.19. The molecule has 3 atom stereocenters. The first-order valence-electron chi connectivity index (χ1n) is 11.6. The van der Waals surface area contributed by atoms with Crippen LogP contribution in [0.2, 0.25) is 0 Å². The van der Waals surface area contributed by atoms with E-state index in [0.717, 1.165) is 39.7 Å². The molecule has 1 aliphatic heterocycles. The van der Waals surface area contributed by atoms with Crippen LogP contribution < -0.4 is 11.1 Å². The molecule has 7 heteroatoms. The molecular weight excluding hydrogens is 400 g/mol. The van der Waals surface area contributed by atoms with Gasteiger partial charge in [0.2, 0.25) is 0 Å². The third-order valence-corrected chi connectivity index (χ3v) is 7.21. The summed E-state index contributed by atoms with van der Waals surface area (Å²) in [7, 11) is 0. The summed E-state index contributed by atoms with van der Waals surface area (Å²) in [6, 6.07) is 11.3. The Morgan fingerprint density at radius 3 is 3.03 bits per heavy atom. The van der Waals surface area contributed by atoms with Crippen LogP contribution in [0.15, 0.2) is 42.9 Å². The number of hydrogen-bond donors (Lipinski definition) is 3. The molecule has 164 valence electrons. The molecule has 0 amide bonds. The summed E-state index contributed by atoms with van der Waals surface area (Å²) in [5, 5.41) is 15.2. The van der Waals surface area contributed by atoms with E-state index < -0.39 is 0 Å². The Kier molecular flexibility index (Phi) is 4.72. The van der Waals surface area contributed by atoms with E-state index in [1.807, 2.05) is 6.07 Å². The number of fused-ring (bicyclic) bond motifs is 3. The molecule has 32 heavy (non-hydrogen) atoms. The lowest BCUT2D eigenvalue weighted by Crippen LogP contribution is -2.28. The maximum Gasteiger partial charge on any atom is 0.145 e. The van der Waals surface area contributed by atoms with Gasteiger partial charge in [0.1, 0.15) is 23.6 Å². The molecule has 0 radical (unpaired) electrons. The Morgan fingerprint density at radius 2 is 2.09 bits per heavy atom. The van der Waals surface area contributed by atoms with Crippen LogP contribution >= 0.6 is 0 Å². The van der Waals surface area contributed by atoms with Gasteiger partial charge in [-0.1, -0.05) is 12.1 Å². The molecule has 7 nitrogen and oxygen atoms in total. The molecule has 0 bridgehead atoms. The number of rotatable bonds is 4. The van der Waals surface area contributed by atoms with Crippen LogP contribution in [-0.4, -0.2) is 37.3 Å². The molecule has 4 aromatic rings. The second-order valence-corrected chi connectivity index (χ2v) is 9.35. The Balaban J connectivity index is 1.14. The third-order valence-electron chi connectivity index (χ3n) is 7.21. The molecule has 6 rings (SSSR count). The van der Waals surface area contributed by atoms with E-state index in [9.17, 15) is 5.11 Å². The van der Waals surface area contributed by atoms with Crippen molar-refractivity contribution in [3.63, 3.8) is 0 Å². The molecule has 1 aliphatic carbocycles. The molecule has 0 spiro atoms. The lowest BCUT2D eigenvalue weighted by molar-refractivity contribution is 0.184. The first kappa shape index (κ1) is 19.5. The molecule has 3 unspecified atom stereocenters. The number of nitrogens with zero attached hydrogens (tertiary/aromatic N) is 4. The molecule has 1 aromatic carbocycles. The van der Waals surface area contributed by atoms with Crippen molar-refractivity contribution in [1.29, 1.82) is 0 Å². The maximum absolute atomic E-state index is 9.89. The summed E-state index contributed by atoms with van der Waals surface area (Å²) in [5.74, 6) is 2.19. The predicted octanol–water partition coefficient (Wildman–Crippen LogP) is 3.86. The smallest absolute Gasteiger partial charge is 0.145 e. The van der Waals surface area contributed by atoms with Crippen LogP contribution in [0.3, 0.4) is 0 Å². The number of aromatic nitrogens is 4. The minimum Gasteiger partial charge on any atom is -0.391 e. The summed E-state index contributed by atoms with van der Waals surface area (Å²) >= 11 is 0. The molecule has 0 saturated heterocycles. The Bertz CT molecular complexity index is 1300. The maximum atomic E-state index is 9.89. The fraction of sp³-hybridized carbons (Fsp3) is 0.400. The molecule has 1 fully saturated rings. The van der Waals surface area contributed by atoms with Crippen LogP contribution in [0, 0.1) is 5.92 Å². The number of anilines is 2. The van der Waals surface area contributed by atoms with Crippen molar-refractivity contribution in [3.05, 3.63) is 54.0 Å². The molecule has 4 heterocycles. The van der Waals surface area contributed by atoms with E-state index in [-0.39, 0.29) is 6.10 Å². The van der Waals surface area contributed by atoms with E-state index in [1.165, 1.54) is 31.2 Å². The van der Waals surface area contributed by atoms with Gasteiger partial charge in [0.15, 0.2) is 0 Å². The number of aryl methyl sites for hydroxylation is 1. The van der Waals surface area contributed by atoms with Gasteiger partial charge in [-0.3, -0.25) is 0 Å². The summed E-state index contributed by atoms with van der Waals surface area (Å²) in [6.45, 7) is 0.573. The molecule has 3 aromatic heterocycles. The lowest BCUT2D eigenvalue weighted by atomic mass is 9.96. The highest BCUT2D eigenvalue weighted by atomic mass is 16.3. The number of hydrogen-bond acceptors (Lipinski definition) is 6. The highest BCUT2D eigenvalue weighted by molar-refractivity contribution is 5.86. The van der Waals surface area contributed by atoms with Crippen molar-refractivity contribution >= 4 is 33.6 Å². The number of benzene rings is 1. The van der Waals surface area contributed by atoms with Gasteiger partial charge in [0.25, 0.3) is 0 Å². The SMILES string of the molecule is Nc1ncnc2c1ccn2C1CCC(CCc2ccc3cc4c(nc3c2)NCC(O)C4)C1. The predicted molar refractivity (Wildman–Crippen MR) is 127 cm³/mol. The van der Waals surface area contributed by atoms with Crippen LogP contribution in [0.25, 0.3) is 21.9 Å². The Morgan fingerprint density at radius 1 is 1.16 bits per heavy atom. The summed E-state index contributed by atoms with van der Waals surface area (Å²) in [5.41, 5.74) is 10.4. The number of nitrogens with two attached hydrogens (primary N) is 1. The van der Waals surface area contributed by atoms with Crippen molar-refractivity contribution in [2.24, 2.45) is 5.92 Å². The van der Waals surface area contributed by atoms with E-state index >= 15 is 0 Å². The number of aliphatic hydroxyl groups excluding tert-OH is 1. The van der Waals surface area contributed by atoms with Crippen molar-refractivity contribution in [2.75, 3.05) is 17.6 Å². The molecule has 2 aliphatic rings. The average molecular weight is 429 g/mol. The second-order valence-electron chi connectivity index (χ2n) is 9.35. The fourth-order valence-corrected chi connectivity index (χ4v) is 5.48. The van der Waals surface area contributed by atoms with Crippen LogP contribution in [0.5, 0.6) is 0 Å². The third kappa shape index (κ3) is 3.46. The van der Waals surface area contributed by atoms with Crippen LogP contribution in [0.4, 0.5) is 11.6 Å². The van der Waals surface area contributed by atoms with Crippen molar-refractivity contribution in [2.45, 2.75) is 50.7 Å². The van der Waals surface area contributed by atoms with Gasteiger partial charge in [0.05, 0.1) is 17.0 Å². The van der Waals surface area contributed by atoms with Crippen molar-refractivity contribution in [3.8, 4) is 0 Å². The van der Waals surface area contributed by atoms with Gasteiger partial charge in [-0.15, -0.1) is 0 Å². The zero-order valence-corrected chi connectivity index (χ0v) is 18.0. The standard InChI is InChI=1S/C25H28N6O/c26-23-21-7-8-31(25(21)29-14-28-23)19-6-4-15(9-19)1-2-16-3-5-17-11-18-12-20(32)13-27-24(18)30-22(17)10-16/h3,5,7-8,10-11,14-15,19-20,32H,1-2,4,6,9,12-13H2,(H,27,30)(H2,26,28,29). The zero-order chi connectivity index (χ0) is 21.7.